The lowest BCUT2D eigenvalue weighted by molar-refractivity contribution is 0.660. The predicted molar refractivity (Wildman–Crippen MR) is 50.3 cm³/mol. The number of rotatable bonds is 3. The summed E-state index contributed by atoms with van der Waals surface area (Å²) in [6.07, 6.45) is 9.29. The fourth-order valence-corrected chi connectivity index (χ4v) is 1.51. The first-order chi connectivity index (χ1) is 5.43. The van der Waals surface area contributed by atoms with Gasteiger partial charge in [0.15, 0.2) is 0 Å². The van der Waals surface area contributed by atoms with Gasteiger partial charge in [0.2, 0.25) is 0 Å². The van der Waals surface area contributed by atoms with E-state index in [9.17, 15) is 0 Å². The fourth-order valence-electron chi connectivity index (χ4n) is 1.51. The van der Waals surface area contributed by atoms with E-state index in [-0.39, 0.29) is 0 Å². The van der Waals surface area contributed by atoms with Crippen molar-refractivity contribution in [3.8, 4) is 0 Å². The number of unbranched alkanes of at least 4 members (excludes halogenated alkanes) is 1. The molecular formula is C10H19N. The van der Waals surface area contributed by atoms with Crippen LogP contribution in [0.1, 0.15) is 51.9 Å². The molecule has 1 aliphatic carbocycles. The molecule has 1 aliphatic rings. The van der Waals surface area contributed by atoms with Crippen LogP contribution in [0, 0.1) is 0 Å². The van der Waals surface area contributed by atoms with Gasteiger partial charge >= 0.3 is 0 Å². The van der Waals surface area contributed by atoms with E-state index >= 15 is 0 Å². The predicted octanol–water partition coefficient (Wildman–Crippen LogP) is 3.19. The van der Waals surface area contributed by atoms with Crippen LogP contribution in [0.4, 0.5) is 0 Å². The molecule has 0 bridgehead atoms. The summed E-state index contributed by atoms with van der Waals surface area (Å²) in [7, 11) is 0. The Morgan fingerprint density at radius 1 is 1.18 bits per heavy atom. The molecular weight excluding hydrogens is 134 g/mol. The highest BCUT2D eigenvalue weighted by Crippen LogP contribution is 2.14. The van der Waals surface area contributed by atoms with Gasteiger partial charge in [-0.15, -0.1) is 0 Å². The molecule has 0 amide bonds. The highest BCUT2D eigenvalue weighted by atomic mass is 14.7. The lowest BCUT2D eigenvalue weighted by Crippen LogP contribution is -2.05. The van der Waals surface area contributed by atoms with Crippen molar-refractivity contribution in [1.82, 2.24) is 0 Å². The molecule has 0 unspecified atom stereocenters. The molecule has 1 heteroatoms. The number of hydrogen-bond donors (Lipinski definition) is 0. The topological polar surface area (TPSA) is 12.4 Å². The highest BCUT2D eigenvalue weighted by molar-refractivity contribution is 5.84. The Hall–Kier alpha value is -0.330. The van der Waals surface area contributed by atoms with Crippen LogP contribution < -0.4 is 0 Å². The van der Waals surface area contributed by atoms with Gasteiger partial charge in [-0.2, -0.15) is 0 Å². The average molecular weight is 153 g/mol. The van der Waals surface area contributed by atoms with Gasteiger partial charge in [0, 0.05) is 12.3 Å². The molecule has 0 saturated heterocycles. The number of aliphatic imine (C=N–C) groups is 1. The third-order valence-corrected chi connectivity index (χ3v) is 2.28. The van der Waals surface area contributed by atoms with Gasteiger partial charge in [-0.25, -0.2) is 0 Å². The van der Waals surface area contributed by atoms with E-state index in [2.05, 4.69) is 11.9 Å². The van der Waals surface area contributed by atoms with Crippen LogP contribution in [0.5, 0.6) is 0 Å². The van der Waals surface area contributed by atoms with Crippen LogP contribution in [-0.4, -0.2) is 12.3 Å². The van der Waals surface area contributed by atoms with Crippen molar-refractivity contribution < 1.29 is 0 Å². The summed E-state index contributed by atoms with van der Waals surface area (Å²) in [4.78, 5) is 4.59. The van der Waals surface area contributed by atoms with E-state index in [1.165, 1.54) is 50.7 Å². The Balaban J connectivity index is 2.15. The minimum atomic E-state index is 1.08. The second kappa shape index (κ2) is 5.34. The van der Waals surface area contributed by atoms with E-state index in [0.29, 0.717) is 0 Å². The molecule has 0 atom stereocenters. The summed E-state index contributed by atoms with van der Waals surface area (Å²) in [6, 6.07) is 0. The van der Waals surface area contributed by atoms with Crippen LogP contribution in [0.3, 0.4) is 0 Å². The molecule has 0 radical (unpaired) electrons. The molecule has 1 saturated carbocycles. The van der Waals surface area contributed by atoms with Gasteiger partial charge in [-0.3, -0.25) is 4.99 Å². The summed E-state index contributed by atoms with van der Waals surface area (Å²) >= 11 is 0. The largest absolute Gasteiger partial charge is 0.294 e. The molecule has 1 nitrogen and oxygen atoms in total. The van der Waals surface area contributed by atoms with Gasteiger partial charge in [0.1, 0.15) is 0 Å². The summed E-state index contributed by atoms with van der Waals surface area (Å²) < 4.78 is 0. The van der Waals surface area contributed by atoms with Crippen molar-refractivity contribution in [3.63, 3.8) is 0 Å². The first-order valence-corrected chi connectivity index (χ1v) is 4.95. The fraction of sp³-hybridized carbons (Fsp3) is 0.900. The second-order valence-electron chi connectivity index (χ2n) is 3.36. The minimum Gasteiger partial charge on any atom is -0.294 e. The van der Waals surface area contributed by atoms with Crippen molar-refractivity contribution in [3.05, 3.63) is 0 Å². The normalized spacial score (nSPS) is 18.5. The van der Waals surface area contributed by atoms with Gasteiger partial charge in [0.25, 0.3) is 0 Å². The lowest BCUT2D eigenvalue weighted by atomic mass is 9.98. The van der Waals surface area contributed by atoms with Crippen LogP contribution >= 0.6 is 0 Å². The van der Waals surface area contributed by atoms with Crippen molar-refractivity contribution in [2.75, 3.05) is 6.54 Å². The van der Waals surface area contributed by atoms with Crippen LogP contribution in [-0.2, 0) is 0 Å². The van der Waals surface area contributed by atoms with Crippen LogP contribution in [0.15, 0.2) is 4.99 Å². The molecule has 1 rings (SSSR count). The lowest BCUT2D eigenvalue weighted by Gasteiger charge is -2.11. The Morgan fingerprint density at radius 3 is 2.55 bits per heavy atom. The average Bonchev–Trinajstić information content (AvgIpc) is 2.07. The summed E-state index contributed by atoms with van der Waals surface area (Å²) in [5.41, 5.74) is 1.49. The third kappa shape index (κ3) is 3.54. The smallest absolute Gasteiger partial charge is 0.0388 e. The molecule has 0 aromatic rings. The van der Waals surface area contributed by atoms with Crippen LogP contribution in [0.2, 0.25) is 0 Å². The van der Waals surface area contributed by atoms with E-state index in [0.717, 1.165) is 6.54 Å². The van der Waals surface area contributed by atoms with E-state index in [1.807, 2.05) is 0 Å². The molecule has 0 aromatic carbocycles. The summed E-state index contributed by atoms with van der Waals surface area (Å²) in [6.45, 7) is 3.30. The molecule has 0 aliphatic heterocycles. The molecule has 0 N–H and O–H groups in total. The van der Waals surface area contributed by atoms with Gasteiger partial charge in [-0.1, -0.05) is 19.8 Å². The van der Waals surface area contributed by atoms with Gasteiger partial charge in [0.05, 0.1) is 0 Å². The van der Waals surface area contributed by atoms with E-state index in [4.69, 9.17) is 0 Å². The first kappa shape index (κ1) is 8.76. The zero-order valence-corrected chi connectivity index (χ0v) is 7.60. The molecule has 11 heavy (non-hydrogen) atoms. The van der Waals surface area contributed by atoms with Crippen molar-refractivity contribution >= 4 is 5.71 Å². The van der Waals surface area contributed by atoms with Gasteiger partial charge < -0.3 is 0 Å². The van der Waals surface area contributed by atoms with Crippen molar-refractivity contribution in [2.24, 2.45) is 4.99 Å². The number of hydrogen-bond acceptors (Lipinski definition) is 1. The maximum absolute atomic E-state index is 4.59. The third-order valence-electron chi connectivity index (χ3n) is 2.28. The Kier molecular flexibility index (Phi) is 4.25. The molecule has 0 aromatic heterocycles. The monoisotopic (exact) mass is 153 g/mol. The molecule has 0 heterocycles. The van der Waals surface area contributed by atoms with E-state index < -0.39 is 0 Å². The van der Waals surface area contributed by atoms with E-state index in [1.54, 1.807) is 0 Å². The van der Waals surface area contributed by atoms with Gasteiger partial charge in [-0.05, 0) is 32.1 Å². The minimum absolute atomic E-state index is 1.08. The summed E-state index contributed by atoms with van der Waals surface area (Å²) in [5, 5.41) is 0. The first-order valence-electron chi connectivity index (χ1n) is 4.95. The Labute approximate surface area is 69.9 Å². The van der Waals surface area contributed by atoms with Crippen molar-refractivity contribution in [2.45, 2.75) is 51.9 Å². The molecule has 1 fully saturated rings. The Morgan fingerprint density at radius 2 is 1.91 bits per heavy atom. The maximum atomic E-state index is 4.59. The maximum Gasteiger partial charge on any atom is 0.0388 e. The zero-order valence-electron chi connectivity index (χ0n) is 7.60. The quantitative estimate of drug-likeness (QED) is 0.552. The Bertz CT molecular complexity index is 119. The zero-order chi connectivity index (χ0) is 7.94. The van der Waals surface area contributed by atoms with Crippen molar-refractivity contribution in [1.29, 1.82) is 0 Å². The second-order valence-corrected chi connectivity index (χ2v) is 3.36. The SMILES string of the molecule is CCCCN=C1CCCCC1. The number of nitrogens with zero attached hydrogens (tertiary/aromatic N) is 1. The van der Waals surface area contributed by atoms with Crippen LogP contribution in [0.25, 0.3) is 0 Å². The highest BCUT2D eigenvalue weighted by Gasteiger charge is 2.04. The molecule has 0 spiro atoms. The summed E-state index contributed by atoms with van der Waals surface area (Å²) in [5.74, 6) is 0. The standard InChI is InChI=1S/C10H19N/c1-2-3-9-11-10-7-5-4-6-8-10/h2-9H2,1H3. The molecule has 64 valence electrons.